The number of aliphatic hydroxyl groups is 1. The van der Waals surface area contributed by atoms with E-state index in [1.807, 2.05) is 25.4 Å². The van der Waals surface area contributed by atoms with Gasteiger partial charge in [0.1, 0.15) is 23.9 Å². The highest BCUT2D eigenvalue weighted by atomic mass is 16.5. The maximum absolute atomic E-state index is 14.0. The average molecular weight is 911 g/mol. The Kier molecular flexibility index (Phi) is 14.4. The van der Waals surface area contributed by atoms with E-state index in [-0.39, 0.29) is 29.3 Å². The first kappa shape index (κ1) is 47.0. The molecule has 15 heteroatoms. The van der Waals surface area contributed by atoms with Crippen molar-refractivity contribution < 1.29 is 33.7 Å². The number of aromatic nitrogens is 4. The SMILES string of the molecule is C=CC(=CC=CC)C(NC(=O)OC)C(=O)N1CCCC1c1ncc(-c2ccc3cc(-c4ccc(-c5cnc(C6CC(C)(C)CN6C(O)C(NC(=O)OC)C6CCOCC6)[nH]5)cc4)ccc3c2)[nH]1. The van der Waals surface area contributed by atoms with Crippen molar-refractivity contribution in [3.63, 3.8) is 0 Å². The Bertz CT molecular complexity index is 2630. The number of nitrogens with one attached hydrogen (secondary N) is 4. The number of allylic oxidation sites excluding steroid dienone is 3. The van der Waals surface area contributed by atoms with Crippen molar-refractivity contribution >= 4 is 28.9 Å². The van der Waals surface area contributed by atoms with Gasteiger partial charge in [-0.25, -0.2) is 19.6 Å². The third-order valence-electron chi connectivity index (χ3n) is 13.4. The number of alkyl carbamates (subject to hydrolysis) is 2. The highest BCUT2D eigenvalue weighted by Crippen LogP contribution is 2.44. The molecular weight excluding hydrogens is 849 g/mol. The van der Waals surface area contributed by atoms with Crippen LogP contribution in [0.4, 0.5) is 9.59 Å². The number of imidazole rings is 2. The molecule has 5 unspecified atom stereocenters. The van der Waals surface area contributed by atoms with Crippen LogP contribution < -0.4 is 10.6 Å². The Morgan fingerprint density at radius 2 is 1.45 bits per heavy atom. The van der Waals surface area contributed by atoms with Crippen LogP contribution in [-0.2, 0) is 19.0 Å². The smallest absolute Gasteiger partial charge is 0.407 e. The lowest BCUT2D eigenvalue weighted by atomic mass is 9.90. The summed E-state index contributed by atoms with van der Waals surface area (Å²) in [5, 5.41) is 19.7. The molecule has 5 N–H and O–H groups in total. The second kappa shape index (κ2) is 20.5. The Labute approximate surface area is 391 Å². The highest BCUT2D eigenvalue weighted by molar-refractivity contribution is 5.91. The van der Waals surface area contributed by atoms with E-state index in [2.05, 4.69) is 107 Å². The molecule has 2 aromatic heterocycles. The summed E-state index contributed by atoms with van der Waals surface area (Å²) in [4.78, 5) is 59.3. The van der Waals surface area contributed by atoms with Gasteiger partial charge < -0.3 is 44.8 Å². The van der Waals surface area contributed by atoms with Gasteiger partial charge in [-0.15, -0.1) is 0 Å². The molecule has 5 heterocycles. The molecule has 3 saturated heterocycles. The summed E-state index contributed by atoms with van der Waals surface area (Å²) in [6.07, 6.45) is 12.2. The average Bonchev–Trinajstić information content (AvgIpc) is 4.19. The summed E-state index contributed by atoms with van der Waals surface area (Å²) in [6.45, 7) is 12.5. The highest BCUT2D eigenvalue weighted by Gasteiger charge is 2.46. The fourth-order valence-electron chi connectivity index (χ4n) is 9.93. The van der Waals surface area contributed by atoms with Gasteiger partial charge in [0.25, 0.3) is 5.91 Å². The zero-order valence-electron chi connectivity index (χ0n) is 39.0. The molecule has 0 aliphatic carbocycles. The number of aliphatic hydroxyl groups excluding tert-OH is 1. The van der Waals surface area contributed by atoms with E-state index in [0.717, 1.165) is 82.3 Å². The first-order valence-corrected chi connectivity index (χ1v) is 23.1. The minimum absolute atomic E-state index is 0.0478. The second-order valence-electron chi connectivity index (χ2n) is 18.5. The molecule has 15 nitrogen and oxygen atoms in total. The second-order valence-corrected chi connectivity index (χ2v) is 18.5. The number of methoxy groups -OCH3 is 2. The molecule has 0 spiro atoms. The zero-order valence-corrected chi connectivity index (χ0v) is 39.0. The number of likely N-dealkylation sites (tertiary alicyclic amines) is 2. The van der Waals surface area contributed by atoms with Crippen molar-refractivity contribution in [1.29, 1.82) is 0 Å². The molecule has 0 saturated carbocycles. The van der Waals surface area contributed by atoms with Gasteiger partial charge in [0.15, 0.2) is 0 Å². The van der Waals surface area contributed by atoms with Gasteiger partial charge in [0, 0.05) is 31.9 Å². The van der Waals surface area contributed by atoms with Crippen LogP contribution in [0.15, 0.2) is 110 Å². The zero-order chi connectivity index (χ0) is 47.2. The molecule has 3 amide bonds. The Balaban J connectivity index is 0.955. The van der Waals surface area contributed by atoms with Gasteiger partial charge in [-0.3, -0.25) is 9.69 Å². The number of H-pyrrole nitrogens is 2. The van der Waals surface area contributed by atoms with E-state index in [0.29, 0.717) is 37.7 Å². The van der Waals surface area contributed by atoms with Crippen molar-refractivity contribution in [2.45, 2.75) is 83.3 Å². The fourth-order valence-corrected chi connectivity index (χ4v) is 9.93. The van der Waals surface area contributed by atoms with E-state index >= 15 is 0 Å². The summed E-state index contributed by atoms with van der Waals surface area (Å²) in [5.74, 6) is 1.26. The summed E-state index contributed by atoms with van der Waals surface area (Å²) in [5.41, 5.74) is 6.33. The largest absolute Gasteiger partial charge is 0.453 e. The molecule has 5 atom stereocenters. The quantitative estimate of drug-likeness (QED) is 0.0676. The predicted octanol–water partition coefficient (Wildman–Crippen LogP) is 8.61. The number of fused-ring (bicyclic) bond motifs is 1. The van der Waals surface area contributed by atoms with E-state index < -0.39 is 30.5 Å². The first-order valence-electron chi connectivity index (χ1n) is 23.1. The van der Waals surface area contributed by atoms with Crippen LogP contribution in [0.2, 0.25) is 0 Å². The number of benzene rings is 3. The first-order chi connectivity index (χ1) is 32.4. The molecule has 3 aliphatic rings. The van der Waals surface area contributed by atoms with Crippen molar-refractivity contribution in [2.75, 3.05) is 40.5 Å². The topological polar surface area (TPSA) is 187 Å². The molecule has 0 bridgehead atoms. The number of aromatic amines is 2. The number of nitrogens with zero attached hydrogens (tertiary/aromatic N) is 4. The summed E-state index contributed by atoms with van der Waals surface area (Å²) < 4.78 is 15.4. The third kappa shape index (κ3) is 10.4. The van der Waals surface area contributed by atoms with Crippen molar-refractivity contribution in [2.24, 2.45) is 11.3 Å². The van der Waals surface area contributed by atoms with E-state index in [1.165, 1.54) is 14.2 Å². The third-order valence-corrected chi connectivity index (χ3v) is 13.4. The van der Waals surface area contributed by atoms with E-state index in [9.17, 15) is 19.5 Å². The number of hydrogen-bond acceptors (Lipinski definition) is 10. The van der Waals surface area contributed by atoms with Crippen molar-refractivity contribution in [3.8, 4) is 33.6 Å². The standard InChI is InChI=1S/C52H62N8O7/c1-7-9-11-32(8-2)44(57-50(63)65-5)48(61)59-23-10-12-42(59)46-53-30-41(56-46)39-20-19-37-26-36(17-18-38(37)27-39)33-13-15-34(16-14-33)40-29-54-47(55-40)43-28-52(3,4)31-60(43)49(62)45(58-51(64)66-6)35-21-24-67-25-22-35/h7-9,11,13-20,26-27,29-30,35,42-45,49,62H,2,10,12,21-25,28,31H2,1,3-6H3,(H,53,56)(H,54,55)(H,57,63)(H,58,64). The number of carbonyl (C=O) groups excluding carboxylic acids is 3. The lowest BCUT2D eigenvalue weighted by Crippen LogP contribution is -2.56. The molecule has 3 aliphatic heterocycles. The van der Waals surface area contributed by atoms with Crippen LogP contribution in [0.1, 0.15) is 76.6 Å². The van der Waals surface area contributed by atoms with Gasteiger partial charge in [-0.1, -0.05) is 93.3 Å². The molecule has 67 heavy (non-hydrogen) atoms. The molecular formula is C52H62N8O7. The van der Waals surface area contributed by atoms with E-state index in [1.54, 1.807) is 23.1 Å². The Hall–Kier alpha value is -6.55. The number of carbonyl (C=O) groups is 3. The predicted molar refractivity (Wildman–Crippen MR) is 257 cm³/mol. The molecule has 8 rings (SSSR count). The molecule has 0 radical (unpaired) electrons. The van der Waals surface area contributed by atoms with Gasteiger partial charge in [-0.05, 0) is 95.5 Å². The number of amides is 3. The normalized spacial score (nSPS) is 20.4. The lowest BCUT2D eigenvalue weighted by Gasteiger charge is -2.39. The number of hydrogen-bond donors (Lipinski definition) is 5. The monoisotopic (exact) mass is 910 g/mol. The van der Waals surface area contributed by atoms with Crippen LogP contribution in [0.5, 0.6) is 0 Å². The summed E-state index contributed by atoms with van der Waals surface area (Å²) in [6, 6.07) is 19.2. The Morgan fingerprint density at radius 3 is 2.10 bits per heavy atom. The molecule has 3 aromatic carbocycles. The molecule has 5 aromatic rings. The molecule has 352 valence electrons. The fraction of sp³-hybridized carbons (Fsp3) is 0.404. The van der Waals surface area contributed by atoms with Gasteiger partial charge in [0.2, 0.25) is 0 Å². The minimum atomic E-state index is -0.964. The summed E-state index contributed by atoms with van der Waals surface area (Å²) in [7, 11) is 2.61. The lowest BCUT2D eigenvalue weighted by molar-refractivity contribution is -0.133. The van der Waals surface area contributed by atoms with Crippen LogP contribution in [0, 0.1) is 11.3 Å². The molecule has 3 fully saturated rings. The van der Waals surface area contributed by atoms with Gasteiger partial charge in [0.05, 0.1) is 56.1 Å². The van der Waals surface area contributed by atoms with Gasteiger partial charge in [-0.2, -0.15) is 0 Å². The van der Waals surface area contributed by atoms with Gasteiger partial charge >= 0.3 is 12.2 Å². The van der Waals surface area contributed by atoms with Crippen LogP contribution in [0.3, 0.4) is 0 Å². The van der Waals surface area contributed by atoms with Crippen LogP contribution >= 0.6 is 0 Å². The summed E-state index contributed by atoms with van der Waals surface area (Å²) >= 11 is 0. The number of ether oxygens (including phenoxy) is 3. The minimum Gasteiger partial charge on any atom is -0.453 e. The maximum atomic E-state index is 14.0. The Morgan fingerprint density at radius 1 is 0.851 bits per heavy atom. The van der Waals surface area contributed by atoms with Crippen LogP contribution in [-0.4, -0.2) is 112 Å². The van der Waals surface area contributed by atoms with Crippen molar-refractivity contribution in [1.82, 2.24) is 40.4 Å². The van der Waals surface area contributed by atoms with Crippen LogP contribution in [0.25, 0.3) is 44.4 Å². The van der Waals surface area contributed by atoms with E-state index in [4.69, 9.17) is 24.2 Å². The maximum Gasteiger partial charge on any atom is 0.407 e. The van der Waals surface area contributed by atoms with Crippen molar-refractivity contribution in [3.05, 3.63) is 121 Å². The number of rotatable bonds is 14.